The van der Waals surface area contributed by atoms with Crippen molar-refractivity contribution in [2.75, 3.05) is 24.7 Å². The molecule has 20 heavy (non-hydrogen) atoms. The summed E-state index contributed by atoms with van der Waals surface area (Å²) < 4.78 is 9.25. The Morgan fingerprint density at radius 2 is 2.10 bits per heavy atom. The van der Waals surface area contributed by atoms with Crippen LogP contribution in [-0.4, -0.2) is 40.0 Å². The van der Waals surface area contributed by atoms with Gasteiger partial charge in [-0.25, -0.2) is 4.79 Å². The normalized spacial score (nSPS) is 12.2. The summed E-state index contributed by atoms with van der Waals surface area (Å²) >= 11 is 6.34. The topological polar surface area (TPSA) is 99.7 Å². The summed E-state index contributed by atoms with van der Waals surface area (Å²) in [6.45, 7) is 5.88. The number of rotatable bonds is 7. The van der Waals surface area contributed by atoms with Crippen LogP contribution in [0.4, 0.5) is 5.95 Å². The molecule has 0 aliphatic heterocycles. The minimum absolute atomic E-state index is 0.0443. The Balaban J connectivity index is 3.01. The Bertz CT molecular complexity index is 538. The Morgan fingerprint density at radius 3 is 2.55 bits per heavy atom. The highest BCUT2D eigenvalue weighted by atomic mass is 32.4. The van der Waals surface area contributed by atoms with Crippen LogP contribution < -0.4 is 5.73 Å². The van der Waals surface area contributed by atoms with Crippen LogP contribution in [0.15, 0.2) is 5.16 Å². The number of carbonyl (C=O) groups is 1. The third kappa shape index (κ3) is 4.50. The van der Waals surface area contributed by atoms with E-state index < -0.39 is 12.2 Å². The maximum atomic E-state index is 12.2. The number of aromatic nitrogens is 2. The van der Waals surface area contributed by atoms with Crippen molar-refractivity contribution in [3.8, 4) is 0 Å². The summed E-state index contributed by atoms with van der Waals surface area (Å²) in [5, 5.41) is 4.00. The van der Waals surface area contributed by atoms with Crippen molar-refractivity contribution < 1.29 is 14.2 Å². The fourth-order valence-electron chi connectivity index (χ4n) is 1.17. The number of nitrogens with two attached hydrogens (primary N) is 1. The van der Waals surface area contributed by atoms with Crippen molar-refractivity contribution in [1.29, 1.82) is 0 Å². The number of anilines is 1. The van der Waals surface area contributed by atoms with Gasteiger partial charge < -0.3 is 15.1 Å². The van der Waals surface area contributed by atoms with Crippen molar-refractivity contribution in [2.45, 2.75) is 20.8 Å². The minimum atomic E-state index is -2.16. The van der Waals surface area contributed by atoms with Crippen LogP contribution in [0.2, 0.25) is 0 Å². The van der Waals surface area contributed by atoms with Gasteiger partial charge in [-0.1, -0.05) is 30.8 Å². The molecule has 0 atom stereocenters. The second-order valence-electron chi connectivity index (χ2n) is 3.64. The SMILES string of the molecule is CCON=C(C(=O)OP(=S)(CC)CC)c1nc(N)ns1. The quantitative estimate of drug-likeness (QED) is 0.460. The predicted molar refractivity (Wildman–Crippen MR) is 83.9 cm³/mol. The molecule has 0 aliphatic rings. The highest BCUT2D eigenvalue weighted by Gasteiger charge is 2.26. The molecule has 1 aromatic heterocycles. The van der Waals surface area contributed by atoms with Crippen molar-refractivity contribution in [3.63, 3.8) is 0 Å². The molecule has 0 unspecified atom stereocenters. The molecule has 0 radical (unpaired) electrons. The molecule has 0 saturated heterocycles. The largest absolute Gasteiger partial charge is 0.432 e. The first-order chi connectivity index (χ1) is 9.45. The number of nitrogen functional groups attached to an aromatic ring is 1. The number of nitrogens with zero attached hydrogens (tertiary/aromatic N) is 3. The molecular weight excluding hydrogens is 319 g/mol. The fraction of sp³-hybridized carbons (Fsp3) is 0.600. The van der Waals surface area contributed by atoms with Gasteiger partial charge in [-0.3, -0.25) is 0 Å². The summed E-state index contributed by atoms with van der Waals surface area (Å²) in [4.78, 5) is 21.1. The fourth-order valence-corrected chi connectivity index (χ4v) is 3.03. The van der Waals surface area contributed by atoms with E-state index in [1.807, 2.05) is 13.8 Å². The lowest BCUT2D eigenvalue weighted by molar-refractivity contribution is -0.126. The molecule has 1 rings (SSSR count). The molecule has 0 amide bonds. The maximum absolute atomic E-state index is 12.2. The molecule has 0 fully saturated rings. The Morgan fingerprint density at radius 1 is 1.45 bits per heavy atom. The van der Waals surface area contributed by atoms with Gasteiger partial charge >= 0.3 is 5.97 Å². The van der Waals surface area contributed by atoms with Gasteiger partial charge in [-0.05, 0) is 18.5 Å². The summed E-state index contributed by atoms with van der Waals surface area (Å²) in [7, 11) is 0. The third-order valence-electron chi connectivity index (χ3n) is 2.34. The van der Waals surface area contributed by atoms with Crippen molar-refractivity contribution >= 4 is 47.2 Å². The van der Waals surface area contributed by atoms with E-state index in [1.54, 1.807) is 6.92 Å². The average Bonchev–Trinajstić information content (AvgIpc) is 2.85. The van der Waals surface area contributed by atoms with Gasteiger partial charge in [0, 0.05) is 12.3 Å². The van der Waals surface area contributed by atoms with E-state index >= 15 is 0 Å². The second kappa shape index (κ2) is 7.66. The monoisotopic (exact) mass is 336 g/mol. The molecule has 0 bridgehead atoms. The van der Waals surface area contributed by atoms with Crippen LogP contribution in [0.25, 0.3) is 0 Å². The van der Waals surface area contributed by atoms with Crippen molar-refractivity contribution in [2.24, 2.45) is 5.16 Å². The van der Waals surface area contributed by atoms with E-state index in [4.69, 9.17) is 26.9 Å². The lowest BCUT2D eigenvalue weighted by Crippen LogP contribution is -2.19. The van der Waals surface area contributed by atoms with Crippen molar-refractivity contribution in [1.82, 2.24) is 9.36 Å². The van der Waals surface area contributed by atoms with Gasteiger partial charge in [0.1, 0.15) is 12.9 Å². The molecule has 1 heterocycles. The van der Waals surface area contributed by atoms with Crippen LogP contribution in [0, 0.1) is 0 Å². The van der Waals surface area contributed by atoms with E-state index in [0.717, 1.165) is 11.5 Å². The summed E-state index contributed by atoms with van der Waals surface area (Å²) in [6, 6.07) is 0. The third-order valence-corrected chi connectivity index (χ3v) is 7.27. The minimum Gasteiger partial charge on any atom is -0.432 e. The molecule has 0 aromatic carbocycles. The standard InChI is InChI=1S/C10H17N4O3PS2/c1-4-16-13-7(8-12-10(11)14-20-8)9(15)17-18(19,5-2)6-3/h4-6H2,1-3H3,(H2,11,14). The number of carbonyl (C=O) groups excluding carboxylic acids is 1. The van der Waals surface area contributed by atoms with E-state index in [-0.39, 0.29) is 16.7 Å². The second-order valence-corrected chi connectivity index (χ2v) is 9.47. The predicted octanol–water partition coefficient (Wildman–Crippen LogP) is 1.84. The number of oxime groups is 1. The van der Waals surface area contributed by atoms with Gasteiger partial charge in [0.2, 0.25) is 11.7 Å². The zero-order valence-electron chi connectivity index (χ0n) is 11.5. The maximum Gasteiger partial charge on any atom is 0.366 e. The molecular formula is C10H17N4O3PS2. The molecule has 2 N–H and O–H groups in total. The smallest absolute Gasteiger partial charge is 0.366 e. The number of hydrogen-bond donors (Lipinski definition) is 1. The Labute approximate surface area is 126 Å². The highest BCUT2D eigenvalue weighted by Crippen LogP contribution is 2.46. The van der Waals surface area contributed by atoms with E-state index in [2.05, 4.69) is 14.5 Å². The summed E-state index contributed by atoms with van der Waals surface area (Å²) in [5.41, 5.74) is 5.41. The van der Waals surface area contributed by atoms with Crippen LogP contribution >= 0.6 is 17.8 Å². The average molecular weight is 336 g/mol. The van der Waals surface area contributed by atoms with Crippen LogP contribution in [0.3, 0.4) is 0 Å². The van der Waals surface area contributed by atoms with Crippen LogP contribution in [-0.2, 0) is 26.0 Å². The van der Waals surface area contributed by atoms with E-state index in [9.17, 15) is 4.79 Å². The van der Waals surface area contributed by atoms with Gasteiger partial charge in [0.15, 0.2) is 5.01 Å². The van der Waals surface area contributed by atoms with Gasteiger partial charge in [-0.15, -0.1) is 0 Å². The molecule has 10 heteroatoms. The summed E-state index contributed by atoms with van der Waals surface area (Å²) in [5.74, 6) is -0.561. The van der Waals surface area contributed by atoms with E-state index in [0.29, 0.717) is 18.9 Å². The number of hydrogen-bond acceptors (Lipinski definition) is 9. The highest BCUT2D eigenvalue weighted by molar-refractivity contribution is 8.12. The first-order valence-electron chi connectivity index (χ1n) is 6.07. The van der Waals surface area contributed by atoms with Crippen molar-refractivity contribution in [3.05, 3.63) is 5.01 Å². The first kappa shape index (κ1) is 17.0. The van der Waals surface area contributed by atoms with Gasteiger partial charge in [0.05, 0.1) is 0 Å². The molecule has 7 nitrogen and oxygen atoms in total. The Hall–Kier alpha value is -1.05. The zero-order chi connectivity index (χ0) is 15.2. The molecule has 0 saturated carbocycles. The molecule has 1 aromatic rings. The lowest BCUT2D eigenvalue weighted by Gasteiger charge is -2.18. The molecule has 0 aliphatic carbocycles. The molecule has 0 spiro atoms. The lowest BCUT2D eigenvalue weighted by atomic mass is 10.4. The van der Waals surface area contributed by atoms with Gasteiger partial charge in [0.25, 0.3) is 0 Å². The van der Waals surface area contributed by atoms with Crippen LogP contribution in [0.1, 0.15) is 25.8 Å². The van der Waals surface area contributed by atoms with Crippen LogP contribution in [0.5, 0.6) is 0 Å². The Kier molecular flexibility index (Phi) is 6.51. The zero-order valence-corrected chi connectivity index (χ0v) is 14.1. The first-order valence-corrected chi connectivity index (χ1v) is 9.93. The summed E-state index contributed by atoms with van der Waals surface area (Å²) in [6.07, 6.45) is -0.905. The van der Waals surface area contributed by atoms with E-state index in [1.165, 1.54) is 0 Å². The molecule has 112 valence electrons. The van der Waals surface area contributed by atoms with Gasteiger partial charge in [-0.2, -0.15) is 9.36 Å².